The van der Waals surface area contributed by atoms with Crippen molar-refractivity contribution in [1.82, 2.24) is 5.43 Å². The van der Waals surface area contributed by atoms with Gasteiger partial charge in [0.1, 0.15) is 0 Å². The molecule has 5 heteroatoms. The number of carboxylic acids is 1. The predicted octanol–water partition coefficient (Wildman–Crippen LogP) is 0.439. The minimum absolute atomic E-state index is 0.130. The van der Waals surface area contributed by atoms with Gasteiger partial charge in [0.2, 0.25) is 0 Å². The molecular formula is C5H5N3O2. The van der Waals surface area contributed by atoms with Crippen LogP contribution in [0.2, 0.25) is 0 Å². The lowest BCUT2D eigenvalue weighted by atomic mass is 10.3. The zero-order chi connectivity index (χ0) is 7.40. The molecule has 0 saturated carbocycles. The first-order valence-electron chi connectivity index (χ1n) is 2.56. The van der Waals surface area contributed by atoms with E-state index < -0.39 is 5.97 Å². The quantitative estimate of drug-likeness (QED) is 0.553. The van der Waals surface area contributed by atoms with E-state index in [-0.39, 0.29) is 5.57 Å². The van der Waals surface area contributed by atoms with Crippen LogP contribution in [-0.4, -0.2) is 11.1 Å². The first kappa shape index (κ1) is 6.47. The highest BCUT2D eigenvalue weighted by atomic mass is 16.4. The van der Waals surface area contributed by atoms with Gasteiger partial charge in [0.05, 0.1) is 11.8 Å². The Morgan fingerprint density at radius 1 is 1.70 bits per heavy atom. The molecule has 0 spiro atoms. The molecule has 0 bridgehead atoms. The van der Waals surface area contributed by atoms with Crippen LogP contribution in [0.4, 0.5) is 0 Å². The average Bonchev–Trinajstić information content (AvgIpc) is 2.12. The van der Waals surface area contributed by atoms with Gasteiger partial charge < -0.3 is 5.11 Å². The number of carboxylic acid groups (broad SMARTS) is 1. The van der Waals surface area contributed by atoms with Gasteiger partial charge in [-0.05, 0) is 6.08 Å². The zero-order valence-electron chi connectivity index (χ0n) is 4.98. The van der Waals surface area contributed by atoms with Gasteiger partial charge in [-0.15, -0.1) is 5.11 Å². The fourth-order valence-electron chi connectivity index (χ4n) is 0.460. The summed E-state index contributed by atoms with van der Waals surface area (Å²) in [6, 6.07) is 0. The Labute approximate surface area is 56.7 Å². The molecule has 5 nitrogen and oxygen atoms in total. The molecule has 0 aromatic carbocycles. The SMILES string of the molecule is O=C(O)C1=CNN=NC=C1. The van der Waals surface area contributed by atoms with Crippen molar-refractivity contribution in [3.05, 3.63) is 24.0 Å². The fourth-order valence-corrected chi connectivity index (χ4v) is 0.460. The van der Waals surface area contributed by atoms with Gasteiger partial charge in [-0.2, -0.15) is 0 Å². The zero-order valence-corrected chi connectivity index (χ0v) is 4.98. The number of hydrogen-bond acceptors (Lipinski definition) is 4. The second-order valence-electron chi connectivity index (χ2n) is 1.57. The lowest BCUT2D eigenvalue weighted by molar-refractivity contribution is -0.132. The predicted molar refractivity (Wildman–Crippen MR) is 32.9 cm³/mol. The molecule has 2 N–H and O–H groups in total. The number of nitrogens with zero attached hydrogens (tertiary/aromatic N) is 2. The van der Waals surface area contributed by atoms with Crippen LogP contribution in [0.15, 0.2) is 34.4 Å². The van der Waals surface area contributed by atoms with Crippen LogP contribution < -0.4 is 5.43 Å². The van der Waals surface area contributed by atoms with Crippen LogP contribution in [0.1, 0.15) is 0 Å². The molecule has 1 heterocycles. The van der Waals surface area contributed by atoms with Crippen molar-refractivity contribution in [1.29, 1.82) is 0 Å². The molecule has 0 fully saturated rings. The van der Waals surface area contributed by atoms with Gasteiger partial charge in [-0.1, -0.05) is 5.22 Å². The molecule has 52 valence electrons. The lowest BCUT2D eigenvalue weighted by Gasteiger charge is -1.88. The minimum atomic E-state index is -1.00. The molecule has 0 amide bonds. The monoisotopic (exact) mass is 139 g/mol. The van der Waals surface area contributed by atoms with Crippen LogP contribution in [0.5, 0.6) is 0 Å². The first-order chi connectivity index (χ1) is 4.80. The standard InChI is InChI=1S/C5H5N3O2/c9-5(10)4-1-2-6-8-7-3-4/h1-3H,(H,6,7)(H,9,10). The van der Waals surface area contributed by atoms with Crippen molar-refractivity contribution in [2.24, 2.45) is 10.3 Å². The van der Waals surface area contributed by atoms with E-state index >= 15 is 0 Å². The second-order valence-corrected chi connectivity index (χ2v) is 1.57. The lowest BCUT2D eigenvalue weighted by Crippen LogP contribution is -2.01. The van der Waals surface area contributed by atoms with Gasteiger partial charge >= 0.3 is 5.97 Å². The molecule has 0 atom stereocenters. The maximum atomic E-state index is 10.3. The third-order valence-corrected chi connectivity index (χ3v) is 0.903. The normalized spacial score (nSPS) is 15.4. The van der Waals surface area contributed by atoms with Crippen LogP contribution in [0, 0.1) is 0 Å². The molecule has 0 radical (unpaired) electrons. The summed E-state index contributed by atoms with van der Waals surface area (Å²) in [5.74, 6) is -1.00. The van der Waals surface area contributed by atoms with Gasteiger partial charge in [0.15, 0.2) is 0 Å². The largest absolute Gasteiger partial charge is 0.478 e. The molecule has 0 aromatic heterocycles. The summed E-state index contributed by atoms with van der Waals surface area (Å²) in [4.78, 5) is 10.3. The number of hydrogen-bond donors (Lipinski definition) is 2. The molecule has 1 aliphatic heterocycles. The van der Waals surface area contributed by atoms with E-state index in [1.807, 2.05) is 0 Å². The van der Waals surface area contributed by atoms with Crippen LogP contribution in [-0.2, 0) is 4.79 Å². The smallest absolute Gasteiger partial charge is 0.337 e. The van der Waals surface area contributed by atoms with Gasteiger partial charge in [-0.3, -0.25) is 5.43 Å². The van der Waals surface area contributed by atoms with E-state index in [0.29, 0.717) is 0 Å². The van der Waals surface area contributed by atoms with Crippen molar-refractivity contribution in [3.8, 4) is 0 Å². The summed E-state index contributed by atoms with van der Waals surface area (Å²) in [5.41, 5.74) is 2.46. The Balaban J connectivity index is 2.78. The van der Waals surface area contributed by atoms with Gasteiger partial charge in [-0.25, -0.2) is 4.79 Å². The van der Waals surface area contributed by atoms with E-state index in [1.165, 1.54) is 18.5 Å². The van der Waals surface area contributed by atoms with Crippen LogP contribution in [0.25, 0.3) is 0 Å². The summed E-state index contributed by atoms with van der Waals surface area (Å²) >= 11 is 0. The molecule has 0 unspecified atom stereocenters. The molecule has 0 saturated heterocycles. The van der Waals surface area contributed by atoms with Crippen LogP contribution in [0.3, 0.4) is 0 Å². The highest BCUT2D eigenvalue weighted by Crippen LogP contribution is 1.98. The summed E-state index contributed by atoms with van der Waals surface area (Å²) in [6.07, 6.45) is 3.92. The van der Waals surface area contributed by atoms with E-state index in [0.717, 1.165) is 0 Å². The summed E-state index contributed by atoms with van der Waals surface area (Å²) < 4.78 is 0. The van der Waals surface area contributed by atoms with Crippen molar-refractivity contribution in [2.75, 3.05) is 0 Å². The highest BCUT2D eigenvalue weighted by Gasteiger charge is 2.02. The Morgan fingerprint density at radius 3 is 3.20 bits per heavy atom. The molecular weight excluding hydrogens is 134 g/mol. The summed E-state index contributed by atoms with van der Waals surface area (Å²) in [7, 11) is 0. The molecule has 1 rings (SSSR count). The number of nitrogens with one attached hydrogen (secondary N) is 1. The third kappa shape index (κ3) is 1.41. The third-order valence-electron chi connectivity index (χ3n) is 0.903. The maximum Gasteiger partial charge on any atom is 0.337 e. The van der Waals surface area contributed by atoms with Crippen molar-refractivity contribution >= 4 is 5.97 Å². The van der Waals surface area contributed by atoms with E-state index in [9.17, 15) is 4.79 Å². The van der Waals surface area contributed by atoms with Gasteiger partial charge in [0.25, 0.3) is 0 Å². The number of carbonyl (C=O) groups is 1. The van der Waals surface area contributed by atoms with E-state index in [1.54, 1.807) is 0 Å². The number of aliphatic carboxylic acids is 1. The molecule has 0 aliphatic carbocycles. The molecule has 0 aromatic rings. The second kappa shape index (κ2) is 2.77. The van der Waals surface area contributed by atoms with Crippen molar-refractivity contribution in [3.63, 3.8) is 0 Å². The first-order valence-corrected chi connectivity index (χ1v) is 2.56. The fraction of sp³-hybridized carbons (Fsp3) is 0. The van der Waals surface area contributed by atoms with Gasteiger partial charge in [0, 0.05) is 6.20 Å². The van der Waals surface area contributed by atoms with Crippen LogP contribution >= 0.6 is 0 Å². The van der Waals surface area contributed by atoms with Crippen molar-refractivity contribution in [2.45, 2.75) is 0 Å². The number of rotatable bonds is 1. The molecule has 10 heavy (non-hydrogen) atoms. The average molecular weight is 139 g/mol. The molecule has 1 aliphatic rings. The van der Waals surface area contributed by atoms with Crippen molar-refractivity contribution < 1.29 is 9.90 Å². The topological polar surface area (TPSA) is 74.0 Å². The Kier molecular flexibility index (Phi) is 1.79. The Bertz CT molecular complexity index is 229. The summed E-state index contributed by atoms with van der Waals surface area (Å²) in [6.45, 7) is 0. The highest BCUT2D eigenvalue weighted by molar-refractivity contribution is 5.89. The van der Waals surface area contributed by atoms with E-state index in [2.05, 4.69) is 15.8 Å². The maximum absolute atomic E-state index is 10.3. The Hall–Kier alpha value is -1.65. The summed E-state index contributed by atoms with van der Waals surface area (Å²) in [5, 5.41) is 15.2. The van der Waals surface area contributed by atoms with E-state index in [4.69, 9.17) is 5.11 Å². The minimum Gasteiger partial charge on any atom is -0.478 e. The Morgan fingerprint density at radius 2 is 2.50 bits per heavy atom.